The highest BCUT2D eigenvalue weighted by molar-refractivity contribution is 5.76. The Morgan fingerprint density at radius 2 is 1.91 bits per heavy atom. The maximum Gasteiger partial charge on any atom is 0.407 e. The number of carboxylic acid groups (broad SMARTS) is 2. The first-order valence-electron chi connectivity index (χ1n) is 7.10. The van der Waals surface area contributed by atoms with E-state index in [0.717, 1.165) is 0 Å². The zero-order valence-corrected chi connectivity index (χ0v) is 12.8. The Morgan fingerprint density at radius 3 is 2.36 bits per heavy atom. The minimum Gasteiger partial charge on any atom is -0.481 e. The summed E-state index contributed by atoms with van der Waals surface area (Å²) in [5, 5.41) is 19.1. The highest BCUT2D eigenvalue weighted by Gasteiger charge is 2.53. The molecule has 1 unspecified atom stereocenters. The van der Waals surface area contributed by atoms with Crippen molar-refractivity contribution in [2.24, 2.45) is 11.3 Å². The van der Waals surface area contributed by atoms with Crippen molar-refractivity contribution < 1.29 is 24.2 Å². The molecule has 2 rings (SSSR count). The van der Waals surface area contributed by atoms with Crippen molar-refractivity contribution >= 4 is 12.1 Å². The number of nitrogens with zero attached hydrogens (tertiary/aromatic N) is 1. The number of hydrogen-bond donors (Lipinski definition) is 2. The molecule has 0 bridgehead atoms. The minimum atomic E-state index is -1.15. The van der Waals surface area contributed by atoms with E-state index in [0.29, 0.717) is 5.56 Å². The first-order valence-corrected chi connectivity index (χ1v) is 7.10. The average molecular weight is 309 g/mol. The Labute approximate surface area is 128 Å². The van der Waals surface area contributed by atoms with Gasteiger partial charge in [0.05, 0.1) is 12.0 Å². The molecule has 6 heteroatoms. The van der Waals surface area contributed by atoms with Gasteiger partial charge in [-0.3, -0.25) is 4.79 Å². The van der Waals surface area contributed by atoms with E-state index in [2.05, 4.69) is 0 Å². The van der Waals surface area contributed by atoms with Crippen LogP contribution in [0.25, 0.3) is 0 Å². The first kappa shape index (κ1) is 16.3. The lowest BCUT2D eigenvalue weighted by atomic mass is 9.75. The molecule has 1 fully saturated rings. The van der Waals surface area contributed by atoms with E-state index < -0.39 is 41.2 Å². The van der Waals surface area contributed by atoms with Crippen LogP contribution in [0.15, 0.2) is 24.3 Å². The summed E-state index contributed by atoms with van der Waals surface area (Å²) in [5.74, 6) is -2.98. The van der Waals surface area contributed by atoms with E-state index in [4.69, 9.17) is 0 Å². The maximum atomic E-state index is 13.5. The quantitative estimate of drug-likeness (QED) is 0.880. The normalized spacial score (nSPS) is 25.3. The van der Waals surface area contributed by atoms with Crippen LogP contribution >= 0.6 is 0 Å². The molecule has 0 saturated carbocycles. The number of carbonyl (C=O) groups is 2. The lowest BCUT2D eigenvalue weighted by Gasteiger charge is -2.35. The third kappa shape index (κ3) is 2.91. The van der Waals surface area contributed by atoms with E-state index in [-0.39, 0.29) is 6.54 Å². The molecular weight excluding hydrogens is 289 g/mol. The number of amides is 1. The van der Waals surface area contributed by atoms with Gasteiger partial charge in [0.25, 0.3) is 0 Å². The van der Waals surface area contributed by atoms with Crippen molar-refractivity contribution in [2.75, 3.05) is 6.54 Å². The SMILES string of the molecule is CC(C)(C)C1[C@H](C(=O)O)[C@@H](c2cccc(F)c2)CN1C(=O)O. The molecule has 1 heterocycles. The van der Waals surface area contributed by atoms with Gasteiger partial charge in [-0.05, 0) is 23.1 Å². The summed E-state index contributed by atoms with van der Waals surface area (Å²) in [5.41, 5.74) is -0.0193. The molecule has 3 atom stereocenters. The van der Waals surface area contributed by atoms with Crippen LogP contribution in [0.4, 0.5) is 9.18 Å². The topological polar surface area (TPSA) is 77.8 Å². The van der Waals surface area contributed by atoms with Crippen molar-refractivity contribution in [3.63, 3.8) is 0 Å². The fourth-order valence-electron chi connectivity index (χ4n) is 3.41. The van der Waals surface area contributed by atoms with Crippen molar-refractivity contribution in [1.29, 1.82) is 0 Å². The number of carboxylic acids is 1. The molecule has 1 aliphatic heterocycles. The Morgan fingerprint density at radius 1 is 1.27 bits per heavy atom. The fourth-order valence-corrected chi connectivity index (χ4v) is 3.41. The molecular formula is C16H20FNO4. The zero-order chi connectivity index (χ0) is 16.7. The molecule has 2 N–H and O–H groups in total. The van der Waals surface area contributed by atoms with Gasteiger partial charge in [0.2, 0.25) is 0 Å². The highest BCUT2D eigenvalue weighted by Crippen LogP contribution is 2.44. The second-order valence-electron chi connectivity index (χ2n) is 6.77. The van der Waals surface area contributed by atoms with Gasteiger partial charge in [0.1, 0.15) is 5.82 Å². The summed E-state index contributed by atoms with van der Waals surface area (Å²) in [4.78, 5) is 24.5. The Kier molecular flexibility index (Phi) is 4.13. The monoisotopic (exact) mass is 309 g/mol. The van der Waals surface area contributed by atoms with Gasteiger partial charge in [-0.1, -0.05) is 32.9 Å². The van der Waals surface area contributed by atoms with Crippen LogP contribution in [0.1, 0.15) is 32.3 Å². The largest absolute Gasteiger partial charge is 0.481 e. The van der Waals surface area contributed by atoms with Crippen molar-refractivity contribution in [1.82, 2.24) is 4.90 Å². The molecule has 0 aromatic heterocycles. The molecule has 1 aromatic carbocycles. The minimum absolute atomic E-state index is 0.0533. The molecule has 0 radical (unpaired) electrons. The second kappa shape index (κ2) is 5.59. The summed E-state index contributed by atoms with van der Waals surface area (Å²) in [6, 6.07) is 5.06. The molecule has 120 valence electrons. The molecule has 5 nitrogen and oxygen atoms in total. The highest BCUT2D eigenvalue weighted by atomic mass is 19.1. The lowest BCUT2D eigenvalue weighted by molar-refractivity contribution is -0.144. The number of aliphatic carboxylic acids is 1. The van der Waals surface area contributed by atoms with Crippen LogP contribution in [0.2, 0.25) is 0 Å². The second-order valence-corrected chi connectivity index (χ2v) is 6.77. The third-order valence-corrected chi connectivity index (χ3v) is 4.20. The van der Waals surface area contributed by atoms with Crippen LogP contribution in [0.3, 0.4) is 0 Å². The number of benzene rings is 1. The number of hydrogen-bond acceptors (Lipinski definition) is 2. The standard InChI is InChI=1S/C16H20FNO4/c1-16(2,3)13-12(14(19)20)11(8-18(13)15(21)22)9-5-4-6-10(17)7-9/h4-7,11-13H,8H2,1-3H3,(H,19,20)(H,21,22)/t11-,12-,13?/m1/s1. The van der Waals surface area contributed by atoms with E-state index in [1.807, 2.05) is 20.8 Å². The predicted molar refractivity (Wildman–Crippen MR) is 78.2 cm³/mol. The predicted octanol–water partition coefficient (Wildman–Crippen LogP) is 3.02. The maximum absolute atomic E-state index is 13.5. The molecule has 0 aliphatic carbocycles. The number of halogens is 1. The van der Waals surface area contributed by atoms with Crippen LogP contribution in [0.5, 0.6) is 0 Å². The third-order valence-electron chi connectivity index (χ3n) is 4.20. The first-order chi connectivity index (χ1) is 10.1. The molecule has 1 aromatic rings. The van der Waals surface area contributed by atoms with Crippen molar-refractivity contribution in [2.45, 2.75) is 32.7 Å². The Hall–Kier alpha value is -2.11. The average Bonchev–Trinajstić information content (AvgIpc) is 2.79. The zero-order valence-electron chi connectivity index (χ0n) is 12.8. The van der Waals surface area contributed by atoms with E-state index in [1.165, 1.54) is 23.1 Å². The summed E-state index contributed by atoms with van der Waals surface area (Å²) < 4.78 is 13.5. The number of rotatable bonds is 2. The summed E-state index contributed by atoms with van der Waals surface area (Å²) in [7, 11) is 0. The van der Waals surface area contributed by atoms with Gasteiger partial charge >= 0.3 is 12.1 Å². The van der Waals surface area contributed by atoms with Crippen LogP contribution < -0.4 is 0 Å². The molecule has 0 spiro atoms. The van der Waals surface area contributed by atoms with Crippen molar-refractivity contribution in [3.05, 3.63) is 35.6 Å². The molecule has 1 aliphatic rings. The molecule has 1 amide bonds. The van der Waals surface area contributed by atoms with Gasteiger partial charge < -0.3 is 15.1 Å². The van der Waals surface area contributed by atoms with Gasteiger partial charge in [0.15, 0.2) is 0 Å². The van der Waals surface area contributed by atoms with Crippen LogP contribution in [0, 0.1) is 17.2 Å². The van der Waals surface area contributed by atoms with Gasteiger partial charge in [-0.25, -0.2) is 9.18 Å². The summed E-state index contributed by atoms with van der Waals surface area (Å²) in [6.07, 6.45) is -1.15. The lowest BCUT2D eigenvalue weighted by Crippen LogP contribution is -2.47. The summed E-state index contributed by atoms with van der Waals surface area (Å²) in [6.45, 7) is 5.50. The fraction of sp³-hybridized carbons (Fsp3) is 0.500. The van der Waals surface area contributed by atoms with E-state index >= 15 is 0 Å². The van der Waals surface area contributed by atoms with Crippen molar-refractivity contribution in [3.8, 4) is 0 Å². The van der Waals surface area contributed by atoms with E-state index in [1.54, 1.807) is 6.07 Å². The van der Waals surface area contributed by atoms with Crippen LogP contribution in [-0.2, 0) is 4.79 Å². The smallest absolute Gasteiger partial charge is 0.407 e. The number of likely N-dealkylation sites (tertiary alicyclic amines) is 1. The van der Waals surface area contributed by atoms with Gasteiger partial charge in [0, 0.05) is 12.5 Å². The van der Waals surface area contributed by atoms with Gasteiger partial charge in [-0.2, -0.15) is 0 Å². The van der Waals surface area contributed by atoms with Gasteiger partial charge in [-0.15, -0.1) is 0 Å². The Bertz CT molecular complexity index is 596. The van der Waals surface area contributed by atoms with Crippen LogP contribution in [-0.4, -0.2) is 39.8 Å². The Balaban J connectivity index is 2.51. The van der Waals surface area contributed by atoms with E-state index in [9.17, 15) is 24.2 Å². The summed E-state index contributed by atoms with van der Waals surface area (Å²) >= 11 is 0. The molecule has 22 heavy (non-hydrogen) atoms. The molecule has 1 saturated heterocycles.